The summed E-state index contributed by atoms with van der Waals surface area (Å²) in [6.07, 6.45) is 2.69. The van der Waals surface area contributed by atoms with Crippen molar-refractivity contribution >= 4 is 28.7 Å². The molecular weight excluding hydrogens is 344 g/mol. The van der Waals surface area contributed by atoms with Crippen molar-refractivity contribution < 1.29 is 9.59 Å². The average Bonchev–Trinajstić information content (AvgIpc) is 3.27. The van der Waals surface area contributed by atoms with Crippen LogP contribution in [0.5, 0.6) is 0 Å². The number of carbonyl (C=O) groups excluding carboxylic acids is 2. The van der Waals surface area contributed by atoms with Crippen LogP contribution in [-0.4, -0.2) is 34.7 Å². The maximum absolute atomic E-state index is 13.1. The Hall–Kier alpha value is -2.40. The molecule has 1 aromatic heterocycles. The van der Waals surface area contributed by atoms with Gasteiger partial charge in [0.15, 0.2) is 0 Å². The van der Waals surface area contributed by atoms with Crippen molar-refractivity contribution in [1.29, 1.82) is 0 Å². The minimum atomic E-state index is -0.139. The number of hydrogen-bond donors (Lipinski definition) is 0. The highest BCUT2D eigenvalue weighted by atomic mass is 32.1. The molecule has 134 valence electrons. The van der Waals surface area contributed by atoms with E-state index in [1.165, 1.54) is 27.4 Å². The average molecular weight is 366 g/mol. The smallest absolute Gasteiger partial charge is 0.277 e. The van der Waals surface area contributed by atoms with Gasteiger partial charge >= 0.3 is 0 Å². The number of amides is 2. The molecule has 0 spiro atoms. The van der Waals surface area contributed by atoms with Crippen molar-refractivity contribution in [3.63, 3.8) is 0 Å². The molecule has 0 unspecified atom stereocenters. The van der Waals surface area contributed by atoms with Crippen LogP contribution in [0.3, 0.4) is 0 Å². The maximum atomic E-state index is 13.1. The van der Waals surface area contributed by atoms with Crippen LogP contribution in [0.1, 0.15) is 35.8 Å². The van der Waals surface area contributed by atoms with Gasteiger partial charge in [-0.2, -0.15) is 0 Å². The summed E-state index contributed by atoms with van der Waals surface area (Å²) in [6, 6.07) is 12.2. The molecule has 2 amide bonds. The molecule has 0 saturated heterocycles. The lowest BCUT2D eigenvalue weighted by Crippen LogP contribution is -2.37. The van der Waals surface area contributed by atoms with Crippen LogP contribution in [0, 0.1) is 0 Å². The third kappa shape index (κ3) is 2.86. The first kappa shape index (κ1) is 17.0. The van der Waals surface area contributed by atoms with Gasteiger partial charge in [-0.15, -0.1) is 11.3 Å². The molecule has 0 atom stereocenters. The summed E-state index contributed by atoms with van der Waals surface area (Å²) >= 11 is 1.52. The quantitative estimate of drug-likeness (QED) is 0.758. The predicted molar refractivity (Wildman–Crippen MR) is 103 cm³/mol. The van der Waals surface area contributed by atoms with E-state index in [2.05, 4.69) is 30.0 Å². The zero-order valence-electron chi connectivity index (χ0n) is 14.9. The Labute approximate surface area is 157 Å². The van der Waals surface area contributed by atoms with Gasteiger partial charge in [0.2, 0.25) is 0 Å². The van der Waals surface area contributed by atoms with Crippen molar-refractivity contribution in [1.82, 2.24) is 9.80 Å². The van der Waals surface area contributed by atoms with Crippen LogP contribution in [-0.2, 0) is 22.6 Å². The Kier molecular flexibility index (Phi) is 4.64. The molecule has 0 radical (unpaired) electrons. The van der Waals surface area contributed by atoms with Crippen molar-refractivity contribution in [3.05, 3.63) is 63.5 Å². The first-order chi connectivity index (χ1) is 12.7. The Morgan fingerprint density at radius 2 is 1.85 bits per heavy atom. The first-order valence-corrected chi connectivity index (χ1v) is 10.0. The third-order valence-corrected chi connectivity index (χ3v) is 5.98. The second kappa shape index (κ2) is 7.08. The molecule has 0 aliphatic carbocycles. The monoisotopic (exact) mass is 366 g/mol. The minimum Gasteiger partial charge on any atom is -0.362 e. The van der Waals surface area contributed by atoms with Gasteiger partial charge < -0.3 is 4.90 Å². The highest BCUT2D eigenvalue weighted by molar-refractivity contribution is 7.11. The normalized spacial score (nSPS) is 17.3. The molecule has 0 bridgehead atoms. The molecule has 2 aromatic rings. The number of hydrogen-bond acceptors (Lipinski definition) is 4. The van der Waals surface area contributed by atoms with Crippen LogP contribution in [0.2, 0.25) is 0 Å². The minimum absolute atomic E-state index is 0.133. The lowest BCUT2D eigenvalue weighted by atomic mass is 9.99. The predicted octanol–water partition coefficient (Wildman–Crippen LogP) is 3.69. The molecule has 0 saturated carbocycles. The Morgan fingerprint density at radius 1 is 1.04 bits per heavy atom. The highest BCUT2D eigenvalue weighted by Crippen LogP contribution is 2.36. The number of carbonyl (C=O) groups is 2. The molecule has 2 aliphatic rings. The summed E-state index contributed by atoms with van der Waals surface area (Å²) < 4.78 is 0. The Morgan fingerprint density at radius 3 is 2.58 bits per heavy atom. The second-order valence-corrected chi connectivity index (χ2v) is 7.70. The number of unbranched alkanes of at least 4 members (excludes halogenated alkanes) is 1. The zero-order valence-corrected chi connectivity index (χ0v) is 15.7. The van der Waals surface area contributed by atoms with Gasteiger partial charge in [0, 0.05) is 24.5 Å². The highest BCUT2D eigenvalue weighted by Gasteiger charge is 2.42. The molecule has 0 fully saturated rings. The van der Waals surface area contributed by atoms with Gasteiger partial charge in [0.25, 0.3) is 11.8 Å². The summed E-state index contributed by atoms with van der Waals surface area (Å²) in [4.78, 5) is 30.6. The summed E-state index contributed by atoms with van der Waals surface area (Å²) in [5.41, 5.74) is 3.74. The summed E-state index contributed by atoms with van der Waals surface area (Å²) in [6.45, 7) is 4.01. The van der Waals surface area contributed by atoms with Gasteiger partial charge in [-0.3, -0.25) is 14.5 Å². The molecule has 2 aliphatic heterocycles. The Balaban J connectivity index is 1.73. The maximum Gasteiger partial charge on any atom is 0.277 e. The van der Waals surface area contributed by atoms with Crippen molar-refractivity contribution in [2.45, 2.75) is 32.7 Å². The largest absolute Gasteiger partial charge is 0.362 e. The molecule has 3 heterocycles. The van der Waals surface area contributed by atoms with E-state index in [0.717, 1.165) is 30.7 Å². The summed E-state index contributed by atoms with van der Waals surface area (Å²) in [5.74, 6) is -0.272. The van der Waals surface area contributed by atoms with Gasteiger partial charge in [0.1, 0.15) is 5.70 Å². The van der Waals surface area contributed by atoms with Gasteiger partial charge in [-0.25, -0.2) is 0 Å². The van der Waals surface area contributed by atoms with E-state index < -0.39 is 0 Å². The SMILES string of the molecule is CCCCN1C(=O)C(c2cccs2)=C(N2CCc3ccccc3C2)C1=O. The van der Waals surface area contributed by atoms with Crippen molar-refractivity contribution in [2.75, 3.05) is 13.1 Å². The Bertz CT molecular complexity index is 870. The van der Waals surface area contributed by atoms with Crippen LogP contribution < -0.4 is 0 Å². The van der Waals surface area contributed by atoms with E-state index in [1.54, 1.807) is 0 Å². The van der Waals surface area contributed by atoms with E-state index in [-0.39, 0.29) is 11.8 Å². The van der Waals surface area contributed by atoms with E-state index >= 15 is 0 Å². The lowest BCUT2D eigenvalue weighted by molar-refractivity contribution is -0.137. The molecule has 0 N–H and O–H groups in total. The lowest BCUT2D eigenvalue weighted by Gasteiger charge is -2.31. The van der Waals surface area contributed by atoms with Crippen LogP contribution in [0.15, 0.2) is 47.5 Å². The topological polar surface area (TPSA) is 40.6 Å². The molecule has 4 nitrogen and oxygen atoms in total. The van der Waals surface area contributed by atoms with Crippen LogP contribution in [0.25, 0.3) is 5.57 Å². The van der Waals surface area contributed by atoms with Gasteiger partial charge in [0.05, 0.1) is 5.57 Å². The fraction of sp³-hybridized carbons (Fsp3) is 0.333. The number of thiophene rings is 1. The number of benzene rings is 1. The second-order valence-electron chi connectivity index (χ2n) is 6.76. The van der Waals surface area contributed by atoms with Crippen LogP contribution in [0.4, 0.5) is 0 Å². The molecule has 5 heteroatoms. The van der Waals surface area contributed by atoms with Crippen molar-refractivity contribution in [3.8, 4) is 0 Å². The summed E-state index contributed by atoms with van der Waals surface area (Å²) in [7, 11) is 0. The number of rotatable bonds is 5. The van der Waals surface area contributed by atoms with Gasteiger partial charge in [-0.05, 0) is 35.4 Å². The molecule has 4 rings (SSSR count). The fourth-order valence-electron chi connectivity index (χ4n) is 3.71. The number of nitrogens with zero attached hydrogens (tertiary/aromatic N) is 2. The number of imide groups is 1. The van der Waals surface area contributed by atoms with Crippen LogP contribution >= 0.6 is 11.3 Å². The summed E-state index contributed by atoms with van der Waals surface area (Å²) in [5, 5.41) is 1.96. The third-order valence-electron chi connectivity index (χ3n) is 5.09. The van der Waals surface area contributed by atoms with E-state index in [9.17, 15) is 9.59 Å². The molecule has 26 heavy (non-hydrogen) atoms. The number of fused-ring (bicyclic) bond motifs is 1. The van der Waals surface area contributed by atoms with Gasteiger partial charge in [-0.1, -0.05) is 43.7 Å². The van der Waals surface area contributed by atoms with E-state index in [0.29, 0.717) is 24.4 Å². The fourth-order valence-corrected chi connectivity index (χ4v) is 4.47. The standard InChI is InChI=1S/C21H22N2O2S/c1-2-3-11-23-20(24)18(17-9-6-13-26-17)19(21(23)25)22-12-10-15-7-4-5-8-16(15)14-22/h4-9,13H,2-3,10-12,14H2,1H3. The van der Waals surface area contributed by atoms with E-state index in [1.807, 2.05) is 23.6 Å². The molecule has 1 aromatic carbocycles. The van der Waals surface area contributed by atoms with E-state index in [4.69, 9.17) is 0 Å². The zero-order chi connectivity index (χ0) is 18.1. The van der Waals surface area contributed by atoms with Crippen molar-refractivity contribution in [2.24, 2.45) is 0 Å². The first-order valence-electron chi connectivity index (χ1n) is 9.16. The molecular formula is C21H22N2O2S.